The second kappa shape index (κ2) is 5.41. The lowest BCUT2D eigenvalue weighted by Crippen LogP contribution is -2.46. The number of rotatable bonds is 5. The van der Waals surface area contributed by atoms with Gasteiger partial charge in [0.25, 0.3) is 0 Å². The van der Waals surface area contributed by atoms with Crippen LogP contribution in [-0.2, 0) is 4.74 Å². The Kier molecular flexibility index (Phi) is 5.31. The Morgan fingerprint density at radius 2 is 1.58 bits per heavy atom. The third-order valence-electron chi connectivity index (χ3n) is 1.46. The normalized spacial score (nSPS) is 21.5. The number of hydrogen-bond donors (Lipinski definition) is 5. The average Bonchev–Trinajstić information content (AvgIpc) is 2.12. The first kappa shape index (κ1) is 11.8. The first-order valence-electron chi connectivity index (χ1n) is 3.40. The Morgan fingerprint density at radius 3 is 1.92 bits per heavy atom. The molecule has 0 radical (unpaired) electrons. The predicted molar refractivity (Wildman–Crippen MR) is 38.1 cm³/mol. The van der Waals surface area contributed by atoms with E-state index in [4.69, 9.17) is 25.5 Å². The largest absolute Gasteiger partial charge is 0.394 e. The summed E-state index contributed by atoms with van der Waals surface area (Å²) in [5.74, 6) is 0. The molecule has 0 aromatic carbocycles. The van der Waals surface area contributed by atoms with Crippen LogP contribution in [0.15, 0.2) is 0 Å². The first-order chi connectivity index (χ1) is 5.54. The highest BCUT2D eigenvalue weighted by atomic mass is 16.6. The molecule has 6 nitrogen and oxygen atoms in total. The van der Waals surface area contributed by atoms with Crippen molar-refractivity contribution in [2.75, 3.05) is 13.7 Å². The standard InChI is InChI=1S/C6H14O6/c1-12-6(11)5(10)4(9)3(8)2-7/h3-11H,2H2,1H3/t3-,4-,5+,6+/m1/s1. The van der Waals surface area contributed by atoms with Gasteiger partial charge in [0.1, 0.15) is 18.3 Å². The van der Waals surface area contributed by atoms with Gasteiger partial charge in [0.05, 0.1) is 6.61 Å². The van der Waals surface area contributed by atoms with Gasteiger partial charge in [0.15, 0.2) is 6.29 Å². The molecule has 0 bridgehead atoms. The van der Waals surface area contributed by atoms with Crippen molar-refractivity contribution in [2.24, 2.45) is 0 Å². The SMILES string of the molecule is CO[C@H](O)[C@@H](O)[C@H](O)[C@H](O)CO. The smallest absolute Gasteiger partial charge is 0.183 e. The topological polar surface area (TPSA) is 110 Å². The first-order valence-corrected chi connectivity index (χ1v) is 3.40. The van der Waals surface area contributed by atoms with Crippen LogP contribution in [0.25, 0.3) is 0 Å². The van der Waals surface area contributed by atoms with Crippen LogP contribution < -0.4 is 0 Å². The van der Waals surface area contributed by atoms with Gasteiger partial charge in [-0.15, -0.1) is 0 Å². The van der Waals surface area contributed by atoms with E-state index in [1.807, 2.05) is 0 Å². The summed E-state index contributed by atoms with van der Waals surface area (Å²) in [7, 11) is 1.13. The molecule has 6 heteroatoms. The van der Waals surface area contributed by atoms with Crippen LogP contribution in [-0.4, -0.2) is 63.9 Å². The van der Waals surface area contributed by atoms with Gasteiger partial charge >= 0.3 is 0 Å². The number of ether oxygens (including phenoxy) is 1. The van der Waals surface area contributed by atoms with Crippen molar-refractivity contribution >= 4 is 0 Å². The Balaban J connectivity index is 3.99. The van der Waals surface area contributed by atoms with Crippen molar-refractivity contribution in [3.63, 3.8) is 0 Å². The van der Waals surface area contributed by atoms with Gasteiger partial charge in [-0.3, -0.25) is 0 Å². The van der Waals surface area contributed by atoms with Crippen LogP contribution in [0.1, 0.15) is 0 Å². The summed E-state index contributed by atoms with van der Waals surface area (Å²) in [5.41, 5.74) is 0. The fraction of sp³-hybridized carbons (Fsp3) is 1.00. The molecule has 0 saturated heterocycles. The number of aliphatic hydroxyl groups excluding tert-OH is 5. The summed E-state index contributed by atoms with van der Waals surface area (Å²) in [6.07, 6.45) is -6.35. The van der Waals surface area contributed by atoms with Crippen molar-refractivity contribution < 1.29 is 30.3 Å². The number of hydrogen-bond acceptors (Lipinski definition) is 6. The Hall–Kier alpha value is -0.240. The highest BCUT2D eigenvalue weighted by molar-refractivity contribution is 4.76. The van der Waals surface area contributed by atoms with Crippen LogP contribution in [0.3, 0.4) is 0 Å². The fourth-order valence-electron chi connectivity index (χ4n) is 0.644. The molecule has 0 aliphatic rings. The molecule has 0 amide bonds. The van der Waals surface area contributed by atoms with E-state index in [2.05, 4.69) is 4.74 Å². The van der Waals surface area contributed by atoms with Gasteiger partial charge in [0, 0.05) is 7.11 Å². The molecule has 0 saturated carbocycles. The maximum Gasteiger partial charge on any atom is 0.183 e. The van der Waals surface area contributed by atoms with Crippen LogP contribution in [0.4, 0.5) is 0 Å². The third kappa shape index (κ3) is 3.02. The lowest BCUT2D eigenvalue weighted by molar-refractivity contribution is -0.193. The number of methoxy groups -OCH3 is 1. The van der Waals surface area contributed by atoms with Crippen molar-refractivity contribution in [2.45, 2.75) is 24.6 Å². The van der Waals surface area contributed by atoms with Crippen molar-refractivity contribution in [1.82, 2.24) is 0 Å². The minimum absolute atomic E-state index is 0.700. The maximum atomic E-state index is 8.99. The molecule has 74 valence electrons. The van der Waals surface area contributed by atoms with Gasteiger partial charge in [-0.1, -0.05) is 0 Å². The van der Waals surface area contributed by atoms with Crippen LogP contribution in [0, 0.1) is 0 Å². The Labute approximate surface area is 69.6 Å². The zero-order valence-corrected chi connectivity index (χ0v) is 6.66. The summed E-state index contributed by atoms with van der Waals surface area (Å²) < 4.78 is 4.28. The average molecular weight is 182 g/mol. The molecule has 0 aromatic rings. The quantitative estimate of drug-likeness (QED) is 0.290. The lowest BCUT2D eigenvalue weighted by Gasteiger charge is -2.24. The van der Waals surface area contributed by atoms with E-state index >= 15 is 0 Å². The molecular formula is C6H14O6. The van der Waals surface area contributed by atoms with E-state index in [1.54, 1.807) is 0 Å². The molecule has 0 fully saturated rings. The molecule has 0 aliphatic carbocycles. The molecule has 0 heterocycles. The van der Waals surface area contributed by atoms with Crippen molar-refractivity contribution in [1.29, 1.82) is 0 Å². The van der Waals surface area contributed by atoms with E-state index in [0.717, 1.165) is 7.11 Å². The Bertz CT molecular complexity index is 105. The minimum atomic E-state index is -1.64. The summed E-state index contributed by atoms with van der Waals surface area (Å²) in [6, 6.07) is 0. The molecular weight excluding hydrogens is 168 g/mol. The predicted octanol–water partition coefficient (Wildman–Crippen LogP) is -2.97. The van der Waals surface area contributed by atoms with Crippen LogP contribution in [0.2, 0.25) is 0 Å². The Morgan fingerprint density at radius 1 is 1.08 bits per heavy atom. The zero-order valence-electron chi connectivity index (χ0n) is 6.66. The van der Waals surface area contributed by atoms with E-state index in [0.29, 0.717) is 0 Å². The van der Waals surface area contributed by atoms with Gasteiger partial charge in [0.2, 0.25) is 0 Å². The van der Waals surface area contributed by atoms with Crippen molar-refractivity contribution in [3.05, 3.63) is 0 Å². The maximum absolute atomic E-state index is 8.99. The van der Waals surface area contributed by atoms with Crippen LogP contribution >= 0.6 is 0 Å². The summed E-state index contributed by atoms with van der Waals surface area (Å²) in [5, 5.41) is 44.0. The van der Waals surface area contributed by atoms with E-state index in [9.17, 15) is 0 Å². The van der Waals surface area contributed by atoms with Gasteiger partial charge in [-0.2, -0.15) is 0 Å². The third-order valence-corrected chi connectivity index (χ3v) is 1.46. The van der Waals surface area contributed by atoms with Gasteiger partial charge in [-0.05, 0) is 0 Å². The summed E-state index contributed by atoms with van der Waals surface area (Å²) in [6.45, 7) is -0.700. The van der Waals surface area contributed by atoms with Gasteiger partial charge in [-0.25, -0.2) is 0 Å². The molecule has 12 heavy (non-hydrogen) atoms. The summed E-state index contributed by atoms with van der Waals surface area (Å²) in [4.78, 5) is 0. The molecule has 4 atom stereocenters. The molecule has 0 rings (SSSR count). The molecule has 0 unspecified atom stereocenters. The van der Waals surface area contributed by atoms with Crippen LogP contribution in [0.5, 0.6) is 0 Å². The number of aliphatic hydroxyl groups is 5. The minimum Gasteiger partial charge on any atom is -0.394 e. The van der Waals surface area contributed by atoms with E-state index < -0.39 is 31.2 Å². The molecule has 0 aliphatic heterocycles. The second-order valence-electron chi connectivity index (χ2n) is 2.36. The molecule has 0 spiro atoms. The second-order valence-corrected chi connectivity index (χ2v) is 2.36. The van der Waals surface area contributed by atoms with Crippen molar-refractivity contribution in [3.8, 4) is 0 Å². The summed E-state index contributed by atoms with van der Waals surface area (Å²) >= 11 is 0. The molecule has 0 aromatic heterocycles. The zero-order chi connectivity index (χ0) is 9.72. The van der Waals surface area contributed by atoms with E-state index in [1.165, 1.54) is 0 Å². The fourth-order valence-corrected chi connectivity index (χ4v) is 0.644. The molecule has 5 N–H and O–H groups in total. The lowest BCUT2D eigenvalue weighted by atomic mass is 10.1. The van der Waals surface area contributed by atoms with Gasteiger partial charge < -0.3 is 30.3 Å². The van der Waals surface area contributed by atoms with E-state index in [-0.39, 0.29) is 0 Å². The highest BCUT2D eigenvalue weighted by Gasteiger charge is 2.29. The monoisotopic (exact) mass is 182 g/mol. The highest BCUT2D eigenvalue weighted by Crippen LogP contribution is 2.04.